The smallest absolute Gasteiger partial charge is 0.252 e. The predicted octanol–water partition coefficient (Wildman–Crippen LogP) is 2.28. The van der Waals surface area contributed by atoms with Crippen LogP contribution < -0.4 is 5.32 Å². The van der Waals surface area contributed by atoms with Crippen LogP contribution in [-0.4, -0.2) is 31.2 Å². The van der Waals surface area contributed by atoms with Gasteiger partial charge in [-0.3, -0.25) is 9.78 Å². The first-order valence-corrected chi connectivity index (χ1v) is 6.14. The van der Waals surface area contributed by atoms with E-state index in [1.165, 1.54) is 18.3 Å². The van der Waals surface area contributed by atoms with Crippen molar-refractivity contribution >= 4 is 16.8 Å². The standard InChI is InChI=1S/C14H14F2N2O2/c1-20-6-2-5-17-14(19)10-7-9-3-4-11(15)12(16)13(9)18-8-10/h3-4,7-8H,2,5-6H2,1H3,(H,17,19). The fraction of sp³-hybridized carbons (Fsp3) is 0.286. The van der Waals surface area contributed by atoms with Gasteiger partial charge in [0.2, 0.25) is 0 Å². The lowest BCUT2D eigenvalue weighted by Gasteiger charge is -2.06. The quantitative estimate of drug-likeness (QED) is 0.855. The van der Waals surface area contributed by atoms with E-state index in [-0.39, 0.29) is 11.4 Å². The van der Waals surface area contributed by atoms with Crippen LogP contribution in [0.3, 0.4) is 0 Å². The molecule has 0 bridgehead atoms. The van der Waals surface area contributed by atoms with Gasteiger partial charge in [-0.1, -0.05) is 0 Å². The Bertz CT molecular complexity index is 632. The van der Waals surface area contributed by atoms with Gasteiger partial charge in [-0.15, -0.1) is 0 Å². The summed E-state index contributed by atoms with van der Waals surface area (Å²) in [5, 5.41) is 3.08. The molecule has 0 radical (unpaired) electrons. The molecule has 1 amide bonds. The minimum Gasteiger partial charge on any atom is -0.385 e. The number of rotatable bonds is 5. The van der Waals surface area contributed by atoms with Gasteiger partial charge in [-0.2, -0.15) is 0 Å². The average Bonchev–Trinajstić information content (AvgIpc) is 2.47. The van der Waals surface area contributed by atoms with Crippen molar-refractivity contribution in [2.75, 3.05) is 20.3 Å². The van der Waals surface area contributed by atoms with Crippen LogP contribution in [0, 0.1) is 11.6 Å². The molecule has 106 valence electrons. The number of nitrogens with zero attached hydrogens (tertiary/aromatic N) is 1. The maximum absolute atomic E-state index is 13.5. The molecule has 0 saturated carbocycles. The number of hydrogen-bond acceptors (Lipinski definition) is 3. The van der Waals surface area contributed by atoms with Crippen molar-refractivity contribution in [2.24, 2.45) is 0 Å². The first kappa shape index (κ1) is 14.3. The van der Waals surface area contributed by atoms with E-state index >= 15 is 0 Å². The van der Waals surface area contributed by atoms with Crippen molar-refractivity contribution in [2.45, 2.75) is 6.42 Å². The third-order valence-electron chi connectivity index (χ3n) is 2.82. The largest absolute Gasteiger partial charge is 0.385 e. The van der Waals surface area contributed by atoms with E-state index in [1.807, 2.05) is 0 Å². The number of hydrogen-bond donors (Lipinski definition) is 1. The molecule has 4 nitrogen and oxygen atoms in total. The van der Waals surface area contributed by atoms with E-state index in [0.29, 0.717) is 30.5 Å². The summed E-state index contributed by atoms with van der Waals surface area (Å²) in [6, 6.07) is 3.89. The van der Waals surface area contributed by atoms with E-state index in [9.17, 15) is 13.6 Å². The Labute approximate surface area is 114 Å². The highest BCUT2D eigenvalue weighted by Gasteiger charge is 2.11. The summed E-state index contributed by atoms with van der Waals surface area (Å²) in [5.41, 5.74) is 0.224. The number of benzene rings is 1. The van der Waals surface area contributed by atoms with Crippen LogP contribution >= 0.6 is 0 Å². The molecule has 0 spiro atoms. The zero-order chi connectivity index (χ0) is 14.5. The molecular formula is C14H14F2N2O2. The van der Waals surface area contributed by atoms with Gasteiger partial charge in [0, 0.05) is 31.8 Å². The lowest BCUT2D eigenvalue weighted by atomic mass is 10.1. The van der Waals surface area contributed by atoms with Crippen LogP contribution in [0.4, 0.5) is 8.78 Å². The number of carbonyl (C=O) groups excluding carboxylic acids is 1. The number of ether oxygens (including phenoxy) is 1. The molecule has 0 atom stereocenters. The maximum atomic E-state index is 13.5. The Kier molecular flexibility index (Phi) is 4.57. The fourth-order valence-corrected chi connectivity index (χ4v) is 1.79. The van der Waals surface area contributed by atoms with Gasteiger partial charge in [0.05, 0.1) is 5.56 Å². The van der Waals surface area contributed by atoms with Crippen LogP contribution in [0.2, 0.25) is 0 Å². The molecule has 0 aliphatic carbocycles. The highest BCUT2D eigenvalue weighted by Crippen LogP contribution is 2.19. The Morgan fingerprint density at radius 3 is 2.95 bits per heavy atom. The topological polar surface area (TPSA) is 51.2 Å². The lowest BCUT2D eigenvalue weighted by Crippen LogP contribution is -2.25. The summed E-state index contributed by atoms with van der Waals surface area (Å²) >= 11 is 0. The second-order valence-corrected chi connectivity index (χ2v) is 4.26. The summed E-state index contributed by atoms with van der Waals surface area (Å²) in [4.78, 5) is 15.7. The molecule has 0 saturated heterocycles. The van der Waals surface area contributed by atoms with Crippen molar-refractivity contribution < 1.29 is 18.3 Å². The molecule has 1 aromatic carbocycles. The second-order valence-electron chi connectivity index (χ2n) is 4.26. The van der Waals surface area contributed by atoms with Gasteiger partial charge in [0.15, 0.2) is 11.6 Å². The van der Waals surface area contributed by atoms with E-state index in [2.05, 4.69) is 10.3 Å². The van der Waals surface area contributed by atoms with Gasteiger partial charge in [-0.25, -0.2) is 8.78 Å². The third kappa shape index (κ3) is 3.08. The molecule has 20 heavy (non-hydrogen) atoms. The minimum absolute atomic E-state index is 0.0825. The maximum Gasteiger partial charge on any atom is 0.252 e. The van der Waals surface area contributed by atoms with Gasteiger partial charge < -0.3 is 10.1 Å². The summed E-state index contributed by atoms with van der Waals surface area (Å²) < 4.78 is 31.4. The van der Waals surface area contributed by atoms with Gasteiger partial charge in [-0.05, 0) is 24.6 Å². The Balaban J connectivity index is 2.15. The molecule has 0 unspecified atom stereocenters. The number of aromatic nitrogens is 1. The molecule has 0 fully saturated rings. The van der Waals surface area contributed by atoms with Crippen LogP contribution in [0.1, 0.15) is 16.8 Å². The van der Waals surface area contributed by atoms with E-state index in [1.54, 1.807) is 7.11 Å². The molecule has 2 rings (SSSR count). The molecule has 1 heterocycles. The SMILES string of the molecule is COCCCNC(=O)c1cnc2c(F)c(F)ccc2c1. The zero-order valence-corrected chi connectivity index (χ0v) is 11.0. The Hall–Kier alpha value is -2.08. The number of carbonyl (C=O) groups is 1. The summed E-state index contributed by atoms with van der Waals surface area (Å²) in [5.74, 6) is -2.27. The van der Waals surface area contributed by atoms with Gasteiger partial charge in [0.1, 0.15) is 5.52 Å². The van der Waals surface area contributed by atoms with Gasteiger partial charge in [0.25, 0.3) is 5.91 Å². The third-order valence-corrected chi connectivity index (χ3v) is 2.82. The van der Waals surface area contributed by atoms with E-state index < -0.39 is 11.6 Å². The lowest BCUT2D eigenvalue weighted by molar-refractivity contribution is 0.0948. The van der Waals surface area contributed by atoms with Crippen LogP contribution in [-0.2, 0) is 4.74 Å². The summed E-state index contributed by atoms with van der Waals surface area (Å²) in [6.45, 7) is 1.03. The first-order valence-electron chi connectivity index (χ1n) is 6.14. The highest BCUT2D eigenvalue weighted by atomic mass is 19.2. The van der Waals surface area contributed by atoms with Crippen LogP contribution in [0.25, 0.3) is 10.9 Å². The fourth-order valence-electron chi connectivity index (χ4n) is 1.79. The monoisotopic (exact) mass is 280 g/mol. The van der Waals surface area contributed by atoms with Crippen LogP contribution in [0.15, 0.2) is 24.4 Å². The van der Waals surface area contributed by atoms with Crippen molar-refractivity contribution in [3.05, 3.63) is 41.6 Å². The molecule has 1 aromatic heterocycles. The predicted molar refractivity (Wildman–Crippen MR) is 70.5 cm³/mol. The number of fused-ring (bicyclic) bond motifs is 1. The normalized spacial score (nSPS) is 10.8. The second kappa shape index (κ2) is 6.38. The van der Waals surface area contributed by atoms with Crippen molar-refractivity contribution in [1.29, 1.82) is 0 Å². The zero-order valence-electron chi connectivity index (χ0n) is 11.0. The Morgan fingerprint density at radius 1 is 1.40 bits per heavy atom. The molecule has 6 heteroatoms. The van der Waals surface area contributed by atoms with Gasteiger partial charge >= 0.3 is 0 Å². The molecule has 0 aliphatic heterocycles. The summed E-state index contributed by atoms with van der Waals surface area (Å²) in [7, 11) is 1.59. The van der Waals surface area contributed by atoms with Crippen molar-refractivity contribution in [3.8, 4) is 0 Å². The summed E-state index contributed by atoms with van der Waals surface area (Å²) in [6.07, 6.45) is 1.93. The molecule has 2 aromatic rings. The minimum atomic E-state index is -1.01. The molecular weight excluding hydrogens is 266 g/mol. The number of halogens is 2. The van der Waals surface area contributed by atoms with E-state index in [0.717, 1.165) is 6.07 Å². The number of amides is 1. The molecule has 1 N–H and O–H groups in total. The van der Waals surface area contributed by atoms with Crippen molar-refractivity contribution in [1.82, 2.24) is 10.3 Å². The molecule has 0 aliphatic rings. The van der Waals surface area contributed by atoms with E-state index in [4.69, 9.17) is 4.74 Å². The number of pyridine rings is 1. The highest BCUT2D eigenvalue weighted by molar-refractivity contribution is 5.97. The number of methoxy groups -OCH3 is 1. The average molecular weight is 280 g/mol. The Morgan fingerprint density at radius 2 is 2.20 bits per heavy atom. The first-order chi connectivity index (χ1) is 9.63. The number of nitrogens with one attached hydrogen (secondary N) is 1. The van der Waals surface area contributed by atoms with Crippen LogP contribution in [0.5, 0.6) is 0 Å². The van der Waals surface area contributed by atoms with Crippen molar-refractivity contribution in [3.63, 3.8) is 0 Å².